The summed E-state index contributed by atoms with van der Waals surface area (Å²) in [4.78, 5) is 15.8. The van der Waals surface area contributed by atoms with Gasteiger partial charge in [0.2, 0.25) is 0 Å². The third kappa shape index (κ3) is 2.67. The highest BCUT2D eigenvalue weighted by atomic mass is 16.5. The molecule has 0 aliphatic carbocycles. The maximum absolute atomic E-state index is 11.6. The van der Waals surface area contributed by atoms with Crippen molar-refractivity contribution in [3.63, 3.8) is 0 Å². The van der Waals surface area contributed by atoms with Crippen molar-refractivity contribution in [2.45, 2.75) is 33.2 Å². The van der Waals surface area contributed by atoms with Crippen molar-refractivity contribution >= 4 is 11.8 Å². The number of anilines is 1. The number of allylic oxidation sites excluding steroid dienone is 1. The van der Waals surface area contributed by atoms with Crippen molar-refractivity contribution in [2.75, 3.05) is 12.3 Å². The van der Waals surface area contributed by atoms with Crippen LogP contribution in [-0.2, 0) is 4.74 Å². The molecule has 0 saturated heterocycles. The number of esters is 1. The smallest absolute Gasteiger partial charge is 0.360 e. The number of rotatable bonds is 5. The number of hydrogen-bond donors (Lipinski definition) is 1. The van der Waals surface area contributed by atoms with Gasteiger partial charge in [0.15, 0.2) is 5.69 Å². The van der Waals surface area contributed by atoms with Crippen LogP contribution in [0.4, 0.5) is 5.82 Å². The lowest BCUT2D eigenvalue weighted by atomic mass is 10.2. The second-order valence-electron chi connectivity index (χ2n) is 3.86. The van der Waals surface area contributed by atoms with Gasteiger partial charge < -0.3 is 15.0 Å². The Morgan fingerprint density at radius 2 is 2.35 bits per heavy atom. The predicted molar refractivity (Wildman–Crippen MR) is 66.9 cm³/mol. The molecule has 0 aliphatic rings. The molecule has 0 aliphatic heterocycles. The molecule has 1 atom stereocenters. The Kier molecular flexibility index (Phi) is 4.31. The van der Waals surface area contributed by atoms with E-state index in [9.17, 15) is 4.79 Å². The van der Waals surface area contributed by atoms with E-state index < -0.39 is 5.97 Å². The number of aromatic nitrogens is 2. The standard InChI is InChI=1S/C12H19N3O2/c1-5-7-8(3)15-9(4)14-10(11(15)13)12(16)17-6-2/h5,8H,1,6-7,13H2,2-4H3. The number of nitrogen functional groups attached to an aromatic ring is 1. The zero-order valence-corrected chi connectivity index (χ0v) is 10.6. The van der Waals surface area contributed by atoms with Crippen molar-refractivity contribution in [3.8, 4) is 0 Å². The first-order valence-electron chi connectivity index (χ1n) is 5.65. The van der Waals surface area contributed by atoms with Crippen LogP contribution in [0.25, 0.3) is 0 Å². The Labute approximate surface area is 101 Å². The topological polar surface area (TPSA) is 70.1 Å². The van der Waals surface area contributed by atoms with E-state index in [0.717, 1.165) is 6.42 Å². The lowest BCUT2D eigenvalue weighted by molar-refractivity contribution is 0.0521. The van der Waals surface area contributed by atoms with E-state index in [1.54, 1.807) is 6.92 Å². The molecule has 1 heterocycles. The number of aryl methyl sites for hydroxylation is 1. The van der Waals surface area contributed by atoms with Crippen molar-refractivity contribution < 1.29 is 9.53 Å². The van der Waals surface area contributed by atoms with Crippen molar-refractivity contribution in [1.82, 2.24) is 9.55 Å². The van der Waals surface area contributed by atoms with Gasteiger partial charge in [0.05, 0.1) is 6.61 Å². The van der Waals surface area contributed by atoms with Gasteiger partial charge in [-0.1, -0.05) is 6.08 Å². The molecule has 0 radical (unpaired) electrons. The number of nitrogens with zero attached hydrogens (tertiary/aromatic N) is 2. The summed E-state index contributed by atoms with van der Waals surface area (Å²) in [7, 11) is 0. The molecule has 0 fully saturated rings. The second kappa shape index (κ2) is 5.52. The van der Waals surface area contributed by atoms with Gasteiger partial charge in [0.1, 0.15) is 11.6 Å². The molecule has 1 rings (SSSR count). The molecular weight excluding hydrogens is 218 g/mol. The molecule has 1 aromatic heterocycles. The van der Waals surface area contributed by atoms with E-state index in [0.29, 0.717) is 18.2 Å². The molecule has 94 valence electrons. The first-order chi connectivity index (χ1) is 8.02. The lowest BCUT2D eigenvalue weighted by Crippen LogP contribution is -2.12. The number of ether oxygens (including phenoxy) is 1. The Morgan fingerprint density at radius 1 is 1.71 bits per heavy atom. The van der Waals surface area contributed by atoms with Gasteiger partial charge >= 0.3 is 5.97 Å². The Balaban J connectivity index is 3.09. The summed E-state index contributed by atoms with van der Waals surface area (Å²) in [5, 5.41) is 0. The average Bonchev–Trinajstić information content (AvgIpc) is 2.55. The summed E-state index contributed by atoms with van der Waals surface area (Å²) >= 11 is 0. The molecule has 5 nitrogen and oxygen atoms in total. The zero-order valence-electron chi connectivity index (χ0n) is 10.6. The van der Waals surface area contributed by atoms with E-state index in [1.165, 1.54) is 0 Å². The Morgan fingerprint density at radius 3 is 2.88 bits per heavy atom. The number of hydrogen-bond acceptors (Lipinski definition) is 4. The van der Waals surface area contributed by atoms with E-state index in [4.69, 9.17) is 10.5 Å². The number of carbonyl (C=O) groups excluding carboxylic acids is 1. The van der Waals surface area contributed by atoms with Crippen LogP contribution in [0.2, 0.25) is 0 Å². The maximum Gasteiger partial charge on any atom is 0.360 e. The van der Waals surface area contributed by atoms with Gasteiger partial charge in [-0.3, -0.25) is 0 Å². The van der Waals surface area contributed by atoms with Gasteiger partial charge in [-0.2, -0.15) is 0 Å². The Bertz CT molecular complexity index is 424. The molecule has 1 unspecified atom stereocenters. The lowest BCUT2D eigenvalue weighted by Gasteiger charge is -2.14. The summed E-state index contributed by atoms with van der Waals surface area (Å²) in [6, 6.07) is 0.128. The molecule has 0 bridgehead atoms. The highest BCUT2D eigenvalue weighted by Crippen LogP contribution is 2.22. The maximum atomic E-state index is 11.6. The summed E-state index contributed by atoms with van der Waals surface area (Å²) in [5.74, 6) is 0.591. The number of nitrogens with two attached hydrogens (primary N) is 1. The van der Waals surface area contributed by atoms with E-state index in [2.05, 4.69) is 11.6 Å². The first-order valence-corrected chi connectivity index (χ1v) is 5.65. The monoisotopic (exact) mass is 237 g/mol. The minimum absolute atomic E-state index is 0.128. The van der Waals surface area contributed by atoms with Crippen LogP contribution < -0.4 is 5.73 Å². The molecular formula is C12H19N3O2. The second-order valence-corrected chi connectivity index (χ2v) is 3.86. The van der Waals surface area contributed by atoms with Crippen LogP contribution in [0.1, 0.15) is 42.6 Å². The summed E-state index contributed by atoms with van der Waals surface area (Å²) in [5.41, 5.74) is 6.13. The molecule has 0 saturated carbocycles. The van der Waals surface area contributed by atoms with E-state index >= 15 is 0 Å². The van der Waals surface area contributed by atoms with Crippen molar-refractivity contribution in [1.29, 1.82) is 0 Å². The van der Waals surface area contributed by atoms with Crippen molar-refractivity contribution in [3.05, 3.63) is 24.2 Å². The molecule has 5 heteroatoms. The van der Waals surface area contributed by atoms with Crippen LogP contribution in [0.15, 0.2) is 12.7 Å². The third-order valence-corrected chi connectivity index (χ3v) is 2.54. The summed E-state index contributed by atoms with van der Waals surface area (Å²) in [6.07, 6.45) is 2.58. The van der Waals surface area contributed by atoms with Crippen LogP contribution >= 0.6 is 0 Å². The first kappa shape index (κ1) is 13.3. The molecule has 2 N–H and O–H groups in total. The predicted octanol–water partition coefficient (Wildman–Crippen LogP) is 2.09. The molecule has 17 heavy (non-hydrogen) atoms. The summed E-state index contributed by atoms with van der Waals surface area (Å²) < 4.78 is 6.73. The normalized spacial score (nSPS) is 12.2. The molecule has 0 spiro atoms. The fourth-order valence-corrected chi connectivity index (χ4v) is 1.81. The minimum atomic E-state index is -0.474. The van der Waals surface area contributed by atoms with Gasteiger partial charge in [-0.05, 0) is 27.2 Å². The van der Waals surface area contributed by atoms with Gasteiger partial charge in [0, 0.05) is 6.04 Å². The average molecular weight is 237 g/mol. The third-order valence-electron chi connectivity index (χ3n) is 2.54. The highest BCUT2D eigenvalue weighted by molar-refractivity contribution is 5.92. The Hall–Kier alpha value is -1.78. The molecule has 0 amide bonds. The fraction of sp³-hybridized carbons (Fsp3) is 0.500. The van der Waals surface area contributed by atoms with Gasteiger partial charge in [-0.25, -0.2) is 9.78 Å². The SMILES string of the molecule is C=CCC(C)n1c(C)nc(C(=O)OCC)c1N. The number of carbonyl (C=O) groups is 1. The fourth-order valence-electron chi connectivity index (χ4n) is 1.81. The highest BCUT2D eigenvalue weighted by Gasteiger charge is 2.21. The minimum Gasteiger partial charge on any atom is -0.461 e. The van der Waals surface area contributed by atoms with Crippen molar-refractivity contribution in [2.24, 2.45) is 0 Å². The largest absolute Gasteiger partial charge is 0.461 e. The van der Waals surface area contributed by atoms with E-state index in [-0.39, 0.29) is 11.7 Å². The van der Waals surface area contributed by atoms with Gasteiger partial charge in [0.25, 0.3) is 0 Å². The van der Waals surface area contributed by atoms with Gasteiger partial charge in [-0.15, -0.1) is 6.58 Å². The van der Waals surface area contributed by atoms with Crippen LogP contribution in [0.3, 0.4) is 0 Å². The van der Waals surface area contributed by atoms with Crippen LogP contribution in [0.5, 0.6) is 0 Å². The molecule has 0 aromatic carbocycles. The molecule has 1 aromatic rings. The quantitative estimate of drug-likeness (QED) is 0.628. The van der Waals surface area contributed by atoms with Crippen LogP contribution in [-0.4, -0.2) is 22.1 Å². The van der Waals surface area contributed by atoms with E-state index in [1.807, 2.05) is 24.5 Å². The zero-order chi connectivity index (χ0) is 13.0. The summed E-state index contributed by atoms with van der Waals surface area (Å²) in [6.45, 7) is 9.57. The van der Waals surface area contributed by atoms with Crippen LogP contribution in [0, 0.1) is 6.92 Å². The number of imidazole rings is 1.